The Morgan fingerprint density at radius 2 is 2.40 bits per heavy atom. The third kappa shape index (κ3) is 1.95. The Hall–Kier alpha value is -1.16. The van der Waals surface area contributed by atoms with Gasteiger partial charge in [-0.25, -0.2) is 0 Å². The van der Waals surface area contributed by atoms with Crippen molar-refractivity contribution in [3.8, 4) is 0 Å². The normalized spacial score (nSPS) is 18.4. The summed E-state index contributed by atoms with van der Waals surface area (Å²) in [4.78, 5) is 15.7. The van der Waals surface area contributed by atoms with Crippen LogP contribution in [0, 0.1) is 0 Å². The summed E-state index contributed by atoms with van der Waals surface area (Å²) in [5.74, 6) is -0.501. The predicted molar refractivity (Wildman–Crippen MR) is 61.4 cm³/mol. The number of fused-ring (bicyclic) bond motifs is 1. The molecule has 4 heteroatoms. The number of hydrogen-bond donors (Lipinski definition) is 0. The van der Waals surface area contributed by atoms with Crippen molar-refractivity contribution < 1.29 is 9.53 Å². The second-order valence-corrected chi connectivity index (χ2v) is 4.26. The maximum atomic E-state index is 11.5. The van der Waals surface area contributed by atoms with Crippen molar-refractivity contribution in [2.24, 2.45) is 4.99 Å². The summed E-state index contributed by atoms with van der Waals surface area (Å²) < 4.78 is 5.72. The van der Waals surface area contributed by atoms with Crippen molar-refractivity contribution in [3.05, 3.63) is 33.8 Å². The Bertz CT molecular complexity index is 429. The average molecular weight is 268 g/mol. The van der Waals surface area contributed by atoms with Gasteiger partial charge in [0.1, 0.15) is 5.92 Å². The minimum atomic E-state index is -0.271. The SMILES string of the molecule is COC(=O)C1CN=Cc2ccc(Br)cc21. The number of aliphatic imine (C=N–C) groups is 1. The molecule has 1 aliphatic rings. The van der Waals surface area contributed by atoms with E-state index in [2.05, 4.69) is 20.9 Å². The fourth-order valence-electron chi connectivity index (χ4n) is 1.66. The first-order chi connectivity index (χ1) is 7.22. The zero-order chi connectivity index (χ0) is 10.8. The van der Waals surface area contributed by atoms with Crippen LogP contribution in [0.2, 0.25) is 0 Å². The van der Waals surface area contributed by atoms with E-state index in [0.29, 0.717) is 6.54 Å². The molecule has 1 aromatic carbocycles. The lowest BCUT2D eigenvalue weighted by Gasteiger charge is -2.19. The van der Waals surface area contributed by atoms with Gasteiger partial charge in [-0.1, -0.05) is 22.0 Å². The van der Waals surface area contributed by atoms with E-state index in [1.165, 1.54) is 7.11 Å². The molecule has 0 aromatic heterocycles. The monoisotopic (exact) mass is 267 g/mol. The van der Waals surface area contributed by atoms with Gasteiger partial charge >= 0.3 is 5.97 Å². The Balaban J connectivity index is 2.45. The molecule has 0 saturated carbocycles. The van der Waals surface area contributed by atoms with E-state index < -0.39 is 0 Å². The topological polar surface area (TPSA) is 38.7 Å². The first-order valence-electron chi connectivity index (χ1n) is 4.59. The Kier molecular flexibility index (Phi) is 2.86. The van der Waals surface area contributed by atoms with E-state index in [-0.39, 0.29) is 11.9 Å². The summed E-state index contributed by atoms with van der Waals surface area (Å²) in [6.45, 7) is 0.468. The van der Waals surface area contributed by atoms with Crippen LogP contribution >= 0.6 is 15.9 Å². The molecule has 1 aromatic rings. The van der Waals surface area contributed by atoms with Crippen molar-refractivity contribution in [1.29, 1.82) is 0 Å². The van der Waals surface area contributed by atoms with E-state index in [1.54, 1.807) is 6.21 Å². The molecule has 0 saturated heterocycles. The smallest absolute Gasteiger partial charge is 0.315 e. The van der Waals surface area contributed by atoms with E-state index in [9.17, 15) is 4.79 Å². The lowest BCUT2D eigenvalue weighted by Crippen LogP contribution is -2.21. The van der Waals surface area contributed by atoms with Gasteiger partial charge < -0.3 is 4.74 Å². The number of hydrogen-bond acceptors (Lipinski definition) is 3. The number of carbonyl (C=O) groups is 1. The van der Waals surface area contributed by atoms with Crippen molar-refractivity contribution in [1.82, 2.24) is 0 Å². The number of carbonyl (C=O) groups excluding carboxylic acids is 1. The molecular formula is C11H10BrNO2. The van der Waals surface area contributed by atoms with Crippen LogP contribution in [0.15, 0.2) is 27.7 Å². The van der Waals surface area contributed by atoms with Crippen LogP contribution in [0.4, 0.5) is 0 Å². The molecule has 1 heterocycles. The molecule has 0 aliphatic carbocycles. The van der Waals surface area contributed by atoms with Gasteiger partial charge in [-0.3, -0.25) is 9.79 Å². The van der Waals surface area contributed by atoms with E-state index in [0.717, 1.165) is 15.6 Å². The summed E-state index contributed by atoms with van der Waals surface area (Å²) in [5.41, 5.74) is 1.96. The number of nitrogens with zero attached hydrogens (tertiary/aromatic N) is 1. The summed E-state index contributed by atoms with van der Waals surface area (Å²) in [6.07, 6.45) is 1.79. The van der Waals surface area contributed by atoms with Gasteiger partial charge in [-0.2, -0.15) is 0 Å². The Labute approximate surface area is 96.3 Å². The van der Waals surface area contributed by atoms with Crippen LogP contribution in [0.25, 0.3) is 0 Å². The highest BCUT2D eigenvalue weighted by atomic mass is 79.9. The highest BCUT2D eigenvalue weighted by Gasteiger charge is 2.25. The van der Waals surface area contributed by atoms with Crippen LogP contribution in [0.1, 0.15) is 17.0 Å². The highest BCUT2D eigenvalue weighted by Crippen LogP contribution is 2.27. The summed E-state index contributed by atoms with van der Waals surface area (Å²) in [6, 6.07) is 5.82. The minimum Gasteiger partial charge on any atom is -0.468 e. The lowest BCUT2D eigenvalue weighted by atomic mass is 9.93. The quantitative estimate of drug-likeness (QED) is 0.732. The van der Waals surface area contributed by atoms with Crippen LogP contribution in [0.3, 0.4) is 0 Å². The van der Waals surface area contributed by atoms with Gasteiger partial charge in [0, 0.05) is 10.7 Å². The Morgan fingerprint density at radius 3 is 3.13 bits per heavy atom. The second kappa shape index (κ2) is 4.14. The summed E-state index contributed by atoms with van der Waals surface area (Å²) in [5, 5.41) is 0. The molecule has 0 amide bonds. The van der Waals surface area contributed by atoms with E-state index in [4.69, 9.17) is 4.74 Å². The van der Waals surface area contributed by atoms with E-state index >= 15 is 0 Å². The number of rotatable bonds is 1. The molecule has 1 atom stereocenters. The van der Waals surface area contributed by atoms with Crippen molar-refractivity contribution in [2.75, 3.05) is 13.7 Å². The highest BCUT2D eigenvalue weighted by molar-refractivity contribution is 9.10. The molecule has 0 spiro atoms. The molecule has 3 nitrogen and oxygen atoms in total. The largest absolute Gasteiger partial charge is 0.468 e. The molecule has 1 unspecified atom stereocenters. The predicted octanol–water partition coefficient (Wildman–Crippen LogP) is 2.14. The first kappa shape index (κ1) is 10.4. The molecular weight excluding hydrogens is 258 g/mol. The molecule has 15 heavy (non-hydrogen) atoms. The average Bonchev–Trinajstić information content (AvgIpc) is 2.27. The maximum absolute atomic E-state index is 11.5. The minimum absolute atomic E-state index is 0.230. The lowest BCUT2D eigenvalue weighted by molar-refractivity contribution is -0.142. The zero-order valence-electron chi connectivity index (χ0n) is 8.24. The summed E-state index contributed by atoms with van der Waals surface area (Å²) in [7, 11) is 1.40. The Morgan fingerprint density at radius 1 is 1.60 bits per heavy atom. The first-order valence-corrected chi connectivity index (χ1v) is 5.39. The van der Waals surface area contributed by atoms with Crippen LogP contribution in [0.5, 0.6) is 0 Å². The van der Waals surface area contributed by atoms with Gasteiger partial charge in [0.2, 0.25) is 0 Å². The molecule has 1 aliphatic heterocycles. The number of halogens is 1. The number of benzene rings is 1. The molecule has 2 rings (SSSR count). The second-order valence-electron chi connectivity index (χ2n) is 3.34. The number of methoxy groups -OCH3 is 1. The van der Waals surface area contributed by atoms with Crippen molar-refractivity contribution in [2.45, 2.75) is 5.92 Å². The number of ether oxygens (including phenoxy) is 1. The van der Waals surface area contributed by atoms with E-state index in [1.807, 2.05) is 18.2 Å². The third-order valence-electron chi connectivity index (χ3n) is 2.43. The van der Waals surface area contributed by atoms with Gasteiger partial charge in [-0.05, 0) is 23.3 Å². The maximum Gasteiger partial charge on any atom is 0.315 e. The number of esters is 1. The van der Waals surface area contributed by atoms with Crippen LogP contribution in [-0.2, 0) is 9.53 Å². The van der Waals surface area contributed by atoms with Gasteiger partial charge in [-0.15, -0.1) is 0 Å². The van der Waals surface area contributed by atoms with Crippen LogP contribution < -0.4 is 0 Å². The van der Waals surface area contributed by atoms with Gasteiger partial charge in [0.15, 0.2) is 0 Å². The zero-order valence-corrected chi connectivity index (χ0v) is 9.82. The molecule has 0 bridgehead atoms. The van der Waals surface area contributed by atoms with Crippen molar-refractivity contribution >= 4 is 28.1 Å². The molecule has 78 valence electrons. The molecule has 0 fully saturated rings. The molecule has 0 N–H and O–H groups in total. The van der Waals surface area contributed by atoms with Gasteiger partial charge in [0.25, 0.3) is 0 Å². The third-order valence-corrected chi connectivity index (χ3v) is 2.92. The standard InChI is InChI=1S/C11H10BrNO2/c1-15-11(14)10-6-13-5-7-2-3-8(12)4-9(7)10/h2-5,10H,6H2,1H3. The molecule has 0 radical (unpaired) electrons. The fraction of sp³-hybridized carbons (Fsp3) is 0.273. The van der Waals surface area contributed by atoms with Crippen LogP contribution in [-0.4, -0.2) is 25.8 Å². The summed E-state index contributed by atoms with van der Waals surface area (Å²) >= 11 is 3.39. The van der Waals surface area contributed by atoms with Crippen molar-refractivity contribution in [3.63, 3.8) is 0 Å². The van der Waals surface area contributed by atoms with Gasteiger partial charge in [0.05, 0.1) is 13.7 Å². The fourth-order valence-corrected chi connectivity index (χ4v) is 2.04.